The lowest BCUT2D eigenvalue weighted by Gasteiger charge is -2.27. The Labute approximate surface area is 108 Å². The van der Waals surface area contributed by atoms with E-state index in [1.807, 2.05) is 0 Å². The molecular weight excluding hydrogens is 269 g/mol. The summed E-state index contributed by atoms with van der Waals surface area (Å²) in [5.74, 6) is -0.777. The molecule has 0 fully saturated rings. The van der Waals surface area contributed by atoms with Gasteiger partial charge in [-0.3, -0.25) is 4.79 Å². The lowest BCUT2D eigenvalue weighted by molar-refractivity contribution is -0.143. The van der Waals surface area contributed by atoms with Gasteiger partial charge in [-0.1, -0.05) is 11.6 Å². The minimum absolute atomic E-state index is 0.0304. The summed E-state index contributed by atoms with van der Waals surface area (Å²) < 4.78 is 37.2. The zero-order chi connectivity index (χ0) is 13.9. The van der Waals surface area contributed by atoms with E-state index in [1.165, 1.54) is 32.2 Å². The molecule has 0 aliphatic carbocycles. The van der Waals surface area contributed by atoms with Crippen LogP contribution in [0, 0.1) is 0 Å². The van der Waals surface area contributed by atoms with E-state index in [0.29, 0.717) is 4.90 Å². The van der Waals surface area contributed by atoms with Crippen molar-refractivity contribution < 1.29 is 18.0 Å². The molecule has 0 N–H and O–H groups in total. The average Bonchev–Trinajstić information content (AvgIpc) is 2.24. The molecule has 0 saturated carbocycles. The molecule has 1 heterocycles. The van der Waals surface area contributed by atoms with Crippen LogP contribution in [-0.4, -0.2) is 34.6 Å². The zero-order valence-electron chi connectivity index (χ0n) is 9.83. The highest BCUT2D eigenvalue weighted by Crippen LogP contribution is 2.21. The van der Waals surface area contributed by atoms with Crippen molar-refractivity contribution in [3.05, 3.63) is 29.0 Å². The summed E-state index contributed by atoms with van der Waals surface area (Å²) >= 11 is 5.70. The first kappa shape index (κ1) is 14.8. The van der Waals surface area contributed by atoms with Gasteiger partial charge in [0.05, 0.1) is 5.56 Å². The molecule has 0 radical (unpaired) electrons. The number of amides is 1. The topological polar surface area (TPSA) is 33.2 Å². The monoisotopic (exact) mass is 280 g/mol. The molecule has 0 aromatic carbocycles. The maximum absolute atomic E-state index is 12.4. The van der Waals surface area contributed by atoms with E-state index in [0.717, 1.165) is 0 Å². The second kappa shape index (κ2) is 5.56. The largest absolute Gasteiger partial charge is 0.406 e. The van der Waals surface area contributed by atoms with Crippen LogP contribution < -0.4 is 0 Å². The average molecular weight is 281 g/mol. The fourth-order valence-electron chi connectivity index (χ4n) is 1.38. The van der Waals surface area contributed by atoms with Crippen molar-refractivity contribution in [2.24, 2.45) is 0 Å². The van der Waals surface area contributed by atoms with Crippen LogP contribution in [0.2, 0.25) is 5.15 Å². The van der Waals surface area contributed by atoms with Crippen LogP contribution in [0.5, 0.6) is 0 Å². The number of halogens is 4. The first-order valence-electron chi connectivity index (χ1n) is 5.20. The van der Waals surface area contributed by atoms with Gasteiger partial charge in [0.2, 0.25) is 0 Å². The summed E-state index contributed by atoms with van der Waals surface area (Å²) in [4.78, 5) is 16.4. The van der Waals surface area contributed by atoms with Gasteiger partial charge in [-0.25, -0.2) is 4.98 Å². The molecular formula is C11H12ClF3N2O. The highest BCUT2D eigenvalue weighted by Gasteiger charge is 2.35. The van der Waals surface area contributed by atoms with E-state index in [1.54, 1.807) is 0 Å². The second-order valence-electron chi connectivity index (χ2n) is 3.98. The molecule has 100 valence electrons. The molecule has 1 aromatic heterocycles. The van der Waals surface area contributed by atoms with Crippen LogP contribution >= 0.6 is 11.6 Å². The summed E-state index contributed by atoms with van der Waals surface area (Å²) in [7, 11) is 0. The van der Waals surface area contributed by atoms with Crippen LogP contribution in [0.1, 0.15) is 24.2 Å². The van der Waals surface area contributed by atoms with Crippen molar-refractivity contribution in [3.63, 3.8) is 0 Å². The van der Waals surface area contributed by atoms with Crippen molar-refractivity contribution in [2.75, 3.05) is 6.54 Å². The van der Waals surface area contributed by atoms with Gasteiger partial charge < -0.3 is 4.90 Å². The number of hydrogen-bond donors (Lipinski definition) is 0. The summed E-state index contributed by atoms with van der Waals surface area (Å²) in [6.45, 7) is 1.70. The lowest BCUT2D eigenvalue weighted by Crippen LogP contribution is -2.43. The summed E-state index contributed by atoms with van der Waals surface area (Å²) in [5, 5.41) is -0.102. The Morgan fingerprint density at radius 3 is 2.56 bits per heavy atom. The zero-order valence-corrected chi connectivity index (χ0v) is 10.6. The number of nitrogens with zero attached hydrogens (tertiary/aromatic N) is 2. The van der Waals surface area contributed by atoms with Gasteiger partial charge in [-0.15, -0.1) is 0 Å². The van der Waals surface area contributed by atoms with Crippen molar-refractivity contribution in [2.45, 2.75) is 26.1 Å². The van der Waals surface area contributed by atoms with E-state index in [9.17, 15) is 18.0 Å². The molecule has 3 nitrogen and oxygen atoms in total. The highest BCUT2D eigenvalue weighted by atomic mass is 35.5. The lowest BCUT2D eigenvalue weighted by atomic mass is 10.2. The Morgan fingerprint density at radius 2 is 2.11 bits per heavy atom. The molecule has 1 aromatic rings. The molecule has 0 aliphatic heterocycles. The fraction of sp³-hybridized carbons (Fsp3) is 0.455. The molecule has 0 aliphatic rings. The second-order valence-corrected chi connectivity index (χ2v) is 4.34. The molecule has 1 rings (SSSR count). The smallest absolute Gasteiger partial charge is 0.327 e. The van der Waals surface area contributed by atoms with E-state index in [4.69, 9.17) is 11.6 Å². The first-order chi connectivity index (χ1) is 8.22. The molecule has 1 amide bonds. The molecule has 0 spiro atoms. The highest BCUT2D eigenvalue weighted by molar-refractivity contribution is 6.32. The van der Waals surface area contributed by atoms with Crippen LogP contribution in [0.15, 0.2) is 18.3 Å². The van der Waals surface area contributed by atoms with E-state index in [2.05, 4.69) is 4.98 Å². The summed E-state index contributed by atoms with van der Waals surface area (Å²) in [6.07, 6.45) is -3.09. The van der Waals surface area contributed by atoms with Crippen molar-refractivity contribution >= 4 is 17.5 Å². The third-order valence-corrected chi connectivity index (χ3v) is 2.52. The number of pyridine rings is 1. The standard InChI is InChI=1S/C11H12ClF3N2O/c1-7(2)17(6-11(13,14)15)10(18)8-4-3-5-16-9(8)12/h3-5,7H,6H2,1-2H3. The van der Waals surface area contributed by atoms with Crippen molar-refractivity contribution in [3.8, 4) is 0 Å². The molecule has 7 heteroatoms. The number of hydrogen-bond acceptors (Lipinski definition) is 2. The van der Waals surface area contributed by atoms with Crippen LogP contribution in [-0.2, 0) is 0 Å². The van der Waals surface area contributed by atoms with Gasteiger partial charge in [0.15, 0.2) is 0 Å². The van der Waals surface area contributed by atoms with Gasteiger partial charge in [0, 0.05) is 12.2 Å². The van der Waals surface area contributed by atoms with Crippen LogP contribution in [0.25, 0.3) is 0 Å². The Bertz CT molecular complexity index is 435. The first-order valence-corrected chi connectivity index (χ1v) is 5.58. The fourth-order valence-corrected chi connectivity index (χ4v) is 1.58. The number of carbonyl (C=O) groups is 1. The Hall–Kier alpha value is -1.30. The van der Waals surface area contributed by atoms with Gasteiger partial charge >= 0.3 is 6.18 Å². The summed E-state index contributed by atoms with van der Waals surface area (Å²) in [5.41, 5.74) is -0.0304. The van der Waals surface area contributed by atoms with Gasteiger partial charge in [-0.2, -0.15) is 13.2 Å². The normalized spacial score (nSPS) is 11.7. The van der Waals surface area contributed by atoms with E-state index >= 15 is 0 Å². The number of aromatic nitrogens is 1. The van der Waals surface area contributed by atoms with Gasteiger partial charge in [0.25, 0.3) is 5.91 Å². The molecule has 0 bridgehead atoms. The Balaban J connectivity index is 3.01. The molecule has 0 atom stereocenters. The number of alkyl halides is 3. The SMILES string of the molecule is CC(C)N(CC(F)(F)F)C(=O)c1cccnc1Cl. The Kier molecular flexibility index (Phi) is 4.56. The van der Waals surface area contributed by atoms with Crippen LogP contribution in [0.3, 0.4) is 0 Å². The number of rotatable bonds is 3. The van der Waals surface area contributed by atoms with E-state index < -0.39 is 24.7 Å². The third-order valence-electron chi connectivity index (χ3n) is 2.22. The quantitative estimate of drug-likeness (QED) is 0.797. The van der Waals surface area contributed by atoms with Gasteiger partial charge in [-0.05, 0) is 26.0 Å². The third kappa shape index (κ3) is 3.87. The van der Waals surface area contributed by atoms with E-state index in [-0.39, 0.29) is 10.7 Å². The predicted molar refractivity (Wildman–Crippen MR) is 61.5 cm³/mol. The Morgan fingerprint density at radius 1 is 1.50 bits per heavy atom. The maximum Gasteiger partial charge on any atom is 0.406 e. The number of carbonyl (C=O) groups excluding carboxylic acids is 1. The minimum Gasteiger partial charge on any atom is -0.327 e. The maximum atomic E-state index is 12.4. The van der Waals surface area contributed by atoms with Gasteiger partial charge in [0.1, 0.15) is 11.7 Å². The minimum atomic E-state index is -4.45. The van der Waals surface area contributed by atoms with Crippen molar-refractivity contribution in [1.82, 2.24) is 9.88 Å². The summed E-state index contributed by atoms with van der Waals surface area (Å²) in [6, 6.07) is 2.21. The van der Waals surface area contributed by atoms with Crippen LogP contribution in [0.4, 0.5) is 13.2 Å². The molecule has 0 saturated heterocycles. The van der Waals surface area contributed by atoms with Crippen molar-refractivity contribution in [1.29, 1.82) is 0 Å². The molecule has 18 heavy (non-hydrogen) atoms. The molecule has 0 unspecified atom stereocenters. The predicted octanol–water partition coefficient (Wildman–Crippen LogP) is 3.15.